The summed E-state index contributed by atoms with van der Waals surface area (Å²) in [6.07, 6.45) is 1.78. The van der Waals surface area contributed by atoms with Gasteiger partial charge in [-0.3, -0.25) is 4.99 Å². The van der Waals surface area contributed by atoms with Crippen LogP contribution in [0.15, 0.2) is 47.5 Å². The first kappa shape index (κ1) is 22.4. The third-order valence-corrected chi connectivity index (χ3v) is 4.70. The van der Waals surface area contributed by atoms with Gasteiger partial charge in [0.25, 0.3) is 0 Å². The van der Waals surface area contributed by atoms with E-state index in [1.807, 2.05) is 24.3 Å². The smallest absolute Gasteiger partial charge is 0.193 e. The topological polar surface area (TPSA) is 55.3 Å². The minimum absolute atomic E-state index is 0.732. The second-order valence-corrected chi connectivity index (χ2v) is 6.69. The molecule has 0 radical (unpaired) electrons. The van der Waals surface area contributed by atoms with Crippen LogP contribution in [0.25, 0.3) is 0 Å². The van der Waals surface area contributed by atoms with E-state index in [4.69, 9.17) is 19.2 Å². The predicted molar refractivity (Wildman–Crippen MR) is 119 cm³/mol. The van der Waals surface area contributed by atoms with Crippen molar-refractivity contribution < 1.29 is 14.2 Å². The Kier molecular flexibility index (Phi) is 9.15. The van der Waals surface area contributed by atoms with Gasteiger partial charge in [0, 0.05) is 26.7 Å². The van der Waals surface area contributed by atoms with Gasteiger partial charge >= 0.3 is 0 Å². The van der Waals surface area contributed by atoms with E-state index < -0.39 is 0 Å². The Balaban J connectivity index is 1.93. The van der Waals surface area contributed by atoms with E-state index in [1.165, 1.54) is 11.1 Å². The molecule has 0 aliphatic carbocycles. The first-order chi connectivity index (χ1) is 14.1. The monoisotopic (exact) mass is 399 g/mol. The lowest BCUT2D eigenvalue weighted by atomic mass is 10.1. The molecule has 2 aromatic carbocycles. The summed E-state index contributed by atoms with van der Waals surface area (Å²) >= 11 is 0. The first-order valence-electron chi connectivity index (χ1n) is 9.94. The van der Waals surface area contributed by atoms with Gasteiger partial charge in [-0.05, 0) is 55.2 Å². The molecule has 0 aliphatic heterocycles. The zero-order valence-electron chi connectivity index (χ0n) is 18.2. The molecule has 0 aromatic heterocycles. The van der Waals surface area contributed by atoms with Crippen molar-refractivity contribution in [2.24, 2.45) is 4.99 Å². The molecule has 0 amide bonds. The molecule has 0 saturated heterocycles. The fraction of sp³-hybridized carbons (Fsp3) is 0.435. The van der Waals surface area contributed by atoms with Crippen LogP contribution in [0, 0.1) is 0 Å². The van der Waals surface area contributed by atoms with Crippen molar-refractivity contribution in [1.29, 1.82) is 0 Å². The number of rotatable bonds is 10. The van der Waals surface area contributed by atoms with Gasteiger partial charge in [0.05, 0.1) is 21.3 Å². The van der Waals surface area contributed by atoms with Crippen molar-refractivity contribution in [3.63, 3.8) is 0 Å². The van der Waals surface area contributed by atoms with Gasteiger partial charge in [-0.15, -0.1) is 0 Å². The van der Waals surface area contributed by atoms with Crippen LogP contribution in [0.5, 0.6) is 17.2 Å². The minimum Gasteiger partial charge on any atom is -0.497 e. The third kappa shape index (κ3) is 6.89. The highest BCUT2D eigenvalue weighted by atomic mass is 16.5. The van der Waals surface area contributed by atoms with Crippen LogP contribution in [0.4, 0.5) is 0 Å². The van der Waals surface area contributed by atoms with Gasteiger partial charge in [-0.2, -0.15) is 0 Å². The van der Waals surface area contributed by atoms with Crippen LogP contribution in [0.3, 0.4) is 0 Å². The summed E-state index contributed by atoms with van der Waals surface area (Å²) in [7, 11) is 7.05. The lowest BCUT2D eigenvalue weighted by molar-refractivity contribution is 0.354. The molecule has 0 saturated carbocycles. The van der Waals surface area contributed by atoms with Crippen LogP contribution < -0.4 is 19.5 Å². The highest BCUT2D eigenvalue weighted by Gasteiger charge is 2.08. The van der Waals surface area contributed by atoms with Gasteiger partial charge in [0.15, 0.2) is 17.5 Å². The highest BCUT2D eigenvalue weighted by molar-refractivity contribution is 5.79. The van der Waals surface area contributed by atoms with Crippen molar-refractivity contribution in [2.45, 2.75) is 19.8 Å². The molecular weight excluding hydrogens is 366 g/mol. The molecule has 6 nitrogen and oxygen atoms in total. The molecular formula is C23H33N3O3. The third-order valence-electron chi connectivity index (χ3n) is 4.70. The number of benzene rings is 2. The summed E-state index contributed by atoms with van der Waals surface area (Å²) in [6, 6.07) is 14.2. The number of hydrogen-bond acceptors (Lipinski definition) is 4. The fourth-order valence-electron chi connectivity index (χ4n) is 2.99. The summed E-state index contributed by atoms with van der Waals surface area (Å²) in [4.78, 5) is 6.94. The summed E-state index contributed by atoms with van der Waals surface area (Å²) in [5, 5.41) is 3.38. The van der Waals surface area contributed by atoms with Crippen LogP contribution in [-0.2, 0) is 12.8 Å². The number of hydrogen-bond donors (Lipinski definition) is 1. The molecule has 2 rings (SSSR count). The number of likely N-dealkylation sites (N-methyl/N-ethyl adjacent to an activating group) is 1. The van der Waals surface area contributed by atoms with Crippen LogP contribution in [0.2, 0.25) is 0 Å². The molecule has 0 fully saturated rings. The lowest BCUT2D eigenvalue weighted by Gasteiger charge is -2.22. The number of methoxy groups -OCH3 is 3. The van der Waals surface area contributed by atoms with E-state index in [-0.39, 0.29) is 0 Å². The Bertz CT molecular complexity index is 775. The van der Waals surface area contributed by atoms with Crippen molar-refractivity contribution in [3.8, 4) is 17.2 Å². The van der Waals surface area contributed by atoms with Gasteiger partial charge in [0.2, 0.25) is 0 Å². The fourth-order valence-corrected chi connectivity index (χ4v) is 2.99. The van der Waals surface area contributed by atoms with Gasteiger partial charge in [-0.25, -0.2) is 0 Å². The van der Waals surface area contributed by atoms with E-state index in [0.717, 1.165) is 55.7 Å². The van der Waals surface area contributed by atoms with E-state index in [9.17, 15) is 0 Å². The van der Waals surface area contributed by atoms with Crippen LogP contribution >= 0.6 is 0 Å². The zero-order chi connectivity index (χ0) is 21.1. The van der Waals surface area contributed by atoms with Gasteiger partial charge in [-0.1, -0.05) is 18.2 Å². The van der Waals surface area contributed by atoms with E-state index in [2.05, 4.69) is 42.4 Å². The Morgan fingerprint density at radius 3 is 2.21 bits per heavy atom. The summed E-state index contributed by atoms with van der Waals surface area (Å²) in [5.74, 6) is 3.30. The van der Waals surface area contributed by atoms with Crippen molar-refractivity contribution in [2.75, 3.05) is 48.0 Å². The van der Waals surface area contributed by atoms with Crippen LogP contribution in [-0.4, -0.2) is 58.9 Å². The Labute approximate surface area is 174 Å². The number of ether oxygens (including phenoxy) is 3. The van der Waals surface area contributed by atoms with E-state index in [0.29, 0.717) is 0 Å². The largest absolute Gasteiger partial charge is 0.497 e. The number of nitrogens with one attached hydrogen (secondary N) is 1. The average Bonchev–Trinajstić information content (AvgIpc) is 2.77. The molecule has 0 heterocycles. The minimum atomic E-state index is 0.732. The lowest BCUT2D eigenvalue weighted by Crippen LogP contribution is -2.40. The normalized spacial score (nSPS) is 11.1. The van der Waals surface area contributed by atoms with Crippen molar-refractivity contribution in [3.05, 3.63) is 53.6 Å². The quantitative estimate of drug-likeness (QED) is 0.490. The van der Waals surface area contributed by atoms with Gasteiger partial charge in [0.1, 0.15) is 5.75 Å². The maximum Gasteiger partial charge on any atom is 0.193 e. The van der Waals surface area contributed by atoms with Crippen LogP contribution in [0.1, 0.15) is 18.1 Å². The SMILES string of the molecule is CCNC(=NCCc1ccc(OC)cc1)N(C)CCc1ccc(OC)c(OC)c1. The Morgan fingerprint density at radius 2 is 1.59 bits per heavy atom. The standard InChI is InChI=1S/C23H33N3O3/c1-6-24-23(25-15-13-18-7-10-20(27-3)11-8-18)26(2)16-14-19-9-12-21(28-4)22(17-19)29-5/h7-12,17H,6,13-16H2,1-5H3,(H,24,25). The molecule has 29 heavy (non-hydrogen) atoms. The summed E-state index contributed by atoms with van der Waals surface area (Å²) in [5.41, 5.74) is 2.45. The maximum absolute atomic E-state index is 5.40. The van der Waals surface area contributed by atoms with Crippen molar-refractivity contribution in [1.82, 2.24) is 10.2 Å². The first-order valence-corrected chi connectivity index (χ1v) is 9.94. The molecule has 158 valence electrons. The number of nitrogens with zero attached hydrogens (tertiary/aromatic N) is 2. The molecule has 1 N–H and O–H groups in total. The molecule has 0 bridgehead atoms. The number of guanidine groups is 1. The average molecular weight is 400 g/mol. The van der Waals surface area contributed by atoms with E-state index in [1.54, 1.807) is 21.3 Å². The molecule has 0 aliphatic rings. The maximum atomic E-state index is 5.40. The zero-order valence-corrected chi connectivity index (χ0v) is 18.2. The molecule has 0 spiro atoms. The molecule has 0 unspecified atom stereocenters. The summed E-state index contributed by atoms with van der Waals surface area (Å²) < 4.78 is 15.9. The van der Waals surface area contributed by atoms with Crippen molar-refractivity contribution >= 4 is 5.96 Å². The number of aliphatic imine (C=N–C) groups is 1. The second kappa shape index (κ2) is 11.8. The highest BCUT2D eigenvalue weighted by Crippen LogP contribution is 2.27. The predicted octanol–water partition coefficient (Wildman–Crippen LogP) is 3.39. The Morgan fingerprint density at radius 1 is 0.897 bits per heavy atom. The van der Waals surface area contributed by atoms with Gasteiger partial charge < -0.3 is 24.4 Å². The van der Waals surface area contributed by atoms with E-state index >= 15 is 0 Å². The molecule has 0 atom stereocenters. The summed E-state index contributed by atoms with van der Waals surface area (Å²) in [6.45, 7) is 4.50. The second-order valence-electron chi connectivity index (χ2n) is 6.69. The molecule has 6 heteroatoms. The Hall–Kier alpha value is -2.89. The molecule has 2 aromatic rings.